The Labute approximate surface area is 249 Å². The molecule has 0 amide bonds. The maximum atomic E-state index is 12.6. The molecule has 8 nitrogen and oxygen atoms in total. The zero-order valence-electron chi connectivity index (χ0n) is 23.8. The van der Waals surface area contributed by atoms with E-state index in [1.165, 1.54) is 10.6 Å². The molecule has 0 spiro atoms. The van der Waals surface area contributed by atoms with Crippen LogP contribution in [0.1, 0.15) is 41.8 Å². The molecule has 4 rings (SSSR count). The third-order valence-electron chi connectivity index (χ3n) is 6.90. The molecule has 0 radical (unpaired) electrons. The summed E-state index contributed by atoms with van der Waals surface area (Å²) in [4.78, 5) is 9.15. The molecule has 0 atom stereocenters. The molecule has 0 unspecified atom stereocenters. The Bertz CT molecular complexity index is 1660. The molecule has 1 aromatic heterocycles. The van der Waals surface area contributed by atoms with E-state index >= 15 is 0 Å². The molecule has 10 heteroatoms. The maximum absolute atomic E-state index is 12.6. The SMILES string of the molecule is CS(=O)(=O)N(CCCCS(=O)(=O)Cc1ccccc1)Cc1cccc(-c2ccnc(CCCc3ccc(O)cc3)n2)c1. The number of hydrogen-bond donors (Lipinski definition) is 1. The maximum Gasteiger partial charge on any atom is 0.211 e. The summed E-state index contributed by atoms with van der Waals surface area (Å²) in [6.07, 6.45) is 6.17. The van der Waals surface area contributed by atoms with E-state index in [2.05, 4.69) is 4.98 Å². The van der Waals surface area contributed by atoms with E-state index in [0.717, 1.165) is 46.6 Å². The fourth-order valence-corrected chi connectivity index (χ4v) is 7.03. The quantitative estimate of drug-likeness (QED) is 0.185. The smallest absolute Gasteiger partial charge is 0.211 e. The Morgan fingerprint density at radius 3 is 2.24 bits per heavy atom. The van der Waals surface area contributed by atoms with Gasteiger partial charge in [0.1, 0.15) is 11.6 Å². The molecule has 0 aliphatic heterocycles. The number of hydrogen-bond acceptors (Lipinski definition) is 7. The van der Waals surface area contributed by atoms with Crippen molar-refractivity contribution in [3.8, 4) is 17.0 Å². The normalized spacial score (nSPS) is 12.0. The van der Waals surface area contributed by atoms with E-state index in [9.17, 15) is 21.9 Å². The van der Waals surface area contributed by atoms with E-state index in [1.54, 1.807) is 30.5 Å². The fourth-order valence-electron chi connectivity index (χ4n) is 4.70. The first-order chi connectivity index (χ1) is 20.1. The number of sulfonamides is 1. The third kappa shape index (κ3) is 10.0. The van der Waals surface area contributed by atoms with Crippen LogP contribution in [0, 0.1) is 0 Å². The van der Waals surface area contributed by atoms with Gasteiger partial charge in [-0.1, -0.05) is 60.7 Å². The van der Waals surface area contributed by atoms with Crippen molar-refractivity contribution in [2.45, 2.75) is 44.4 Å². The molecule has 0 saturated carbocycles. The van der Waals surface area contributed by atoms with Crippen molar-refractivity contribution in [3.63, 3.8) is 0 Å². The number of phenolic OH excluding ortho intramolecular Hbond substituents is 1. The summed E-state index contributed by atoms with van der Waals surface area (Å²) in [6.45, 7) is 0.427. The minimum absolute atomic E-state index is 0.0139. The second-order valence-electron chi connectivity index (χ2n) is 10.5. The highest BCUT2D eigenvalue weighted by atomic mass is 32.2. The number of sulfone groups is 1. The number of phenols is 1. The Morgan fingerprint density at radius 2 is 1.50 bits per heavy atom. The lowest BCUT2D eigenvalue weighted by molar-refractivity contribution is 0.401. The zero-order valence-corrected chi connectivity index (χ0v) is 25.4. The van der Waals surface area contributed by atoms with E-state index in [0.29, 0.717) is 19.3 Å². The molecule has 0 saturated heterocycles. The highest BCUT2D eigenvalue weighted by Gasteiger charge is 2.18. The second-order valence-corrected chi connectivity index (χ2v) is 14.6. The molecule has 4 aromatic rings. The summed E-state index contributed by atoms with van der Waals surface area (Å²) in [6, 6.07) is 25.7. The van der Waals surface area contributed by atoms with Crippen LogP contribution in [0.4, 0.5) is 0 Å². The van der Waals surface area contributed by atoms with Gasteiger partial charge in [-0.25, -0.2) is 26.8 Å². The van der Waals surface area contributed by atoms with Crippen LogP contribution in [0.15, 0.2) is 91.1 Å². The van der Waals surface area contributed by atoms with Crippen LogP contribution >= 0.6 is 0 Å². The van der Waals surface area contributed by atoms with Gasteiger partial charge >= 0.3 is 0 Å². The highest BCUT2D eigenvalue weighted by molar-refractivity contribution is 7.90. The van der Waals surface area contributed by atoms with Gasteiger partial charge in [0.25, 0.3) is 0 Å². The van der Waals surface area contributed by atoms with E-state index in [-0.39, 0.29) is 30.3 Å². The van der Waals surface area contributed by atoms with Gasteiger partial charge in [0.05, 0.1) is 23.5 Å². The molecule has 0 aliphatic rings. The molecule has 1 N–H and O–H groups in total. The van der Waals surface area contributed by atoms with Gasteiger partial charge < -0.3 is 5.11 Å². The Hall–Kier alpha value is -3.60. The summed E-state index contributed by atoms with van der Waals surface area (Å²) in [5, 5.41) is 9.45. The summed E-state index contributed by atoms with van der Waals surface area (Å²) >= 11 is 0. The zero-order chi connectivity index (χ0) is 30.0. The first-order valence-electron chi connectivity index (χ1n) is 14.0. The first kappa shape index (κ1) is 31.3. The highest BCUT2D eigenvalue weighted by Crippen LogP contribution is 2.21. The number of nitrogens with zero attached hydrogens (tertiary/aromatic N) is 3. The van der Waals surface area contributed by atoms with Crippen molar-refractivity contribution < 1.29 is 21.9 Å². The lowest BCUT2D eigenvalue weighted by Gasteiger charge is -2.20. The van der Waals surface area contributed by atoms with E-state index < -0.39 is 19.9 Å². The van der Waals surface area contributed by atoms with Crippen molar-refractivity contribution in [2.24, 2.45) is 0 Å². The summed E-state index contributed by atoms with van der Waals surface area (Å²) < 4.78 is 51.5. The van der Waals surface area contributed by atoms with Crippen LogP contribution in [0.3, 0.4) is 0 Å². The van der Waals surface area contributed by atoms with Gasteiger partial charge in [0, 0.05) is 31.3 Å². The fraction of sp³-hybridized carbons (Fsp3) is 0.312. The summed E-state index contributed by atoms with van der Waals surface area (Å²) in [5.74, 6) is 0.984. The number of aromatic nitrogens is 2. The molecular weight excluding hydrogens is 571 g/mol. The van der Waals surface area contributed by atoms with Crippen molar-refractivity contribution in [2.75, 3.05) is 18.6 Å². The first-order valence-corrected chi connectivity index (χ1v) is 17.6. The van der Waals surface area contributed by atoms with Crippen LogP contribution in [-0.2, 0) is 45.0 Å². The average molecular weight is 608 g/mol. The van der Waals surface area contributed by atoms with Gasteiger partial charge in [0.2, 0.25) is 10.0 Å². The predicted octanol–water partition coefficient (Wildman–Crippen LogP) is 5.18. The molecule has 0 bridgehead atoms. The lowest BCUT2D eigenvalue weighted by atomic mass is 10.1. The van der Waals surface area contributed by atoms with Gasteiger partial charge in [-0.05, 0) is 66.6 Å². The number of aromatic hydroxyl groups is 1. The van der Waals surface area contributed by atoms with Crippen LogP contribution in [0.25, 0.3) is 11.3 Å². The average Bonchev–Trinajstić information content (AvgIpc) is 2.96. The molecule has 222 valence electrons. The number of unbranched alkanes of at least 4 members (excludes halogenated alkanes) is 1. The molecule has 1 heterocycles. The summed E-state index contributed by atoms with van der Waals surface area (Å²) in [5.41, 5.74) is 4.35. The van der Waals surface area contributed by atoms with Gasteiger partial charge in [-0.3, -0.25) is 0 Å². The van der Waals surface area contributed by atoms with Gasteiger partial charge in [-0.15, -0.1) is 0 Å². The van der Waals surface area contributed by atoms with Gasteiger partial charge in [-0.2, -0.15) is 4.31 Å². The standard InChI is InChI=1S/C32H37N3O5S2/c1-41(37,38)35(21-5-6-22-42(39,40)25-27-9-3-2-4-10-27)24-28-12-7-13-29(23-28)31-19-20-33-32(34-31)14-8-11-26-15-17-30(36)18-16-26/h2-4,7,9-10,12-13,15-20,23,36H,5-6,8,11,14,21-22,24-25H2,1H3. The Kier molecular flexibility index (Phi) is 10.8. The number of aryl methyl sites for hydroxylation is 2. The lowest BCUT2D eigenvalue weighted by Crippen LogP contribution is -2.30. The minimum atomic E-state index is -3.50. The van der Waals surface area contributed by atoms with Crippen molar-refractivity contribution in [1.82, 2.24) is 14.3 Å². The molecular formula is C32H37N3O5S2. The molecule has 0 fully saturated rings. The number of rotatable bonds is 15. The van der Waals surface area contributed by atoms with E-state index in [4.69, 9.17) is 4.98 Å². The van der Waals surface area contributed by atoms with E-state index in [1.807, 2.05) is 60.7 Å². The summed E-state index contributed by atoms with van der Waals surface area (Å²) in [7, 11) is -6.78. The minimum Gasteiger partial charge on any atom is -0.508 e. The molecule has 42 heavy (non-hydrogen) atoms. The number of benzene rings is 3. The largest absolute Gasteiger partial charge is 0.508 e. The topological polar surface area (TPSA) is 118 Å². The second kappa shape index (κ2) is 14.5. The Balaban J connectivity index is 1.33. The Morgan fingerprint density at radius 1 is 0.762 bits per heavy atom. The molecule has 3 aromatic carbocycles. The van der Waals surface area contributed by atoms with Crippen LogP contribution < -0.4 is 0 Å². The van der Waals surface area contributed by atoms with Gasteiger partial charge in [0.15, 0.2) is 9.84 Å². The van der Waals surface area contributed by atoms with Crippen molar-refractivity contribution in [3.05, 3.63) is 114 Å². The molecule has 0 aliphatic carbocycles. The van der Waals surface area contributed by atoms with Crippen LogP contribution in [-0.4, -0.2) is 54.8 Å². The third-order valence-corrected chi connectivity index (χ3v) is 9.83. The monoisotopic (exact) mass is 607 g/mol. The van der Waals surface area contributed by atoms with Crippen molar-refractivity contribution >= 4 is 19.9 Å². The van der Waals surface area contributed by atoms with Crippen LogP contribution in [0.5, 0.6) is 5.75 Å². The predicted molar refractivity (Wildman–Crippen MR) is 166 cm³/mol. The van der Waals surface area contributed by atoms with Crippen molar-refractivity contribution in [1.29, 1.82) is 0 Å². The van der Waals surface area contributed by atoms with Crippen LogP contribution in [0.2, 0.25) is 0 Å².